The fourth-order valence-corrected chi connectivity index (χ4v) is 2.53. The molecule has 21 heavy (non-hydrogen) atoms. The second-order valence-electron chi connectivity index (χ2n) is 6.09. The minimum atomic E-state index is 0.579. The van der Waals surface area contributed by atoms with Crippen molar-refractivity contribution in [2.24, 2.45) is 0 Å². The molecule has 0 unspecified atom stereocenters. The third-order valence-corrected chi connectivity index (χ3v) is 4.05. The molecule has 1 heterocycles. The molecular weight excluding hydrogens is 264 g/mol. The van der Waals surface area contributed by atoms with Crippen molar-refractivity contribution in [3.8, 4) is 0 Å². The molecule has 2 fully saturated rings. The molecule has 0 radical (unpaired) electrons. The van der Waals surface area contributed by atoms with Crippen molar-refractivity contribution in [3.63, 3.8) is 0 Å². The van der Waals surface area contributed by atoms with E-state index in [1.165, 1.54) is 25.7 Å². The van der Waals surface area contributed by atoms with Gasteiger partial charge in [0.25, 0.3) is 0 Å². The van der Waals surface area contributed by atoms with Crippen LogP contribution in [0.4, 0.5) is 11.6 Å². The normalized spacial score (nSPS) is 17.8. The second kappa shape index (κ2) is 6.60. The highest BCUT2D eigenvalue weighted by Gasteiger charge is 2.32. The number of rotatable bonds is 9. The van der Waals surface area contributed by atoms with Gasteiger partial charge in [0.1, 0.15) is 17.5 Å². The topological polar surface area (TPSA) is 50.3 Å². The van der Waals surface area contributed by atoms with Gasteiger partial charge in [-0.05, 0) is 32.1 Å². The van der Waals surface area contributed by atoms with Crippen LogP contribution in [0.1, 0.15) is 50.8 Å². The van der Waals surface area contributed by atoms with Crippen LogP contribution in [0, 0.1) is 0 Å². The quantitative estimate of drug-likeness (QED) is 0.758. The van der Waals surface area contributed by atoms with Gasteiger partial charge in [-0.3, -0.25) is 0 Å². The summed E-state index contributed by atoms with van der Waals surface area (Å²) >= 11 is 0. The van der Waals surface area contributed by atoms with E-state index in [0.717, 1.165) is 43.6 Å². The number of methoxy groups -OCH3 is 1. The van der Waals surface area contributed by atoms with Gasteiger partial charge in [-0.25, -0.2) is 9.97 Å². The minimum absolute atomic E-state index is 0.579. The van der Waals surface area contributed by atoms with Crippen molar-refractivity contribution in [1.29, 1.82) is 0 Å². The van der Waals surface area contributed by atoms with E-state index in [1.54, 1.807) is 7.11 Å². The van der Waals surface area contributed by atoms with Crippen LogP contribution in [0.5, 0.6) is 0 Å². The van der Waals surface area contributed by atoms with Crippen LogP contribution in [0.25, 0.3) is 0 Å². The third kappa shape index (κ3) is 3.84. The van der Waals surface area contributed by atoms with Crippen molar-refractivity contribution < 1.29 is 4.74 Å². The third-order valence-electron chi connectivity index (χ3n) is 4.05. The van der Waals surface area contributed by atoms with Crippen molar-refractivity contribution in [2.45, 2.75) is 51.0 Å². The standard InChI is InChI=1S/C16H26N4O/c1-3-8-17-14-11-15(19-16(18-14)12-4-5-12)20(9-10-21-2)13-6-7-13/h11-13H,3-10H2,1-2H3,(H,17,18,19). The van der Waals surface area contributed by atoms with E-state index < -0.39 is 0 Å². The first-order chi connectivity index (χ1) is 10.3. The molecule has 1 aromatic rings. The van der Waals surface area contributed by atoms with Gasteiger partial charge in [0.15, 0.2) is 0 Å². The molecule has 5 nitrogen and oxygen atoms in total. The zero-order valence-corrected chi connectivity index (χ0v) is 13.1. The number of nitrogens with zero attached hydrogens (tertiary/aromatic N) is 3. The average molecular weight is 290 g/mol. The van der Waals surface area contributed by atoms with Crippen LogP contribution in [0.15, 0.2) is 6.07 Å². The van der Waals surface area contributed by atoms with Gasteiger partial charge in [-0.15, -0.1) is 0 Å². The number of hydrogen-bond acceptors (Lipinski definition) is 5. The summed E-state index contributed by atoms with van der Waals surface area (Å²) in [5, 5.41) is 3.42. The fourth-order valence-electron chi connectivity index (χ4n) is 2.53. The van der Waals surface area contributed by atoms with Crippen LogP contribution < -0.4 is 10.2 Å². The molecule has 116 valence electrons. The molecule has 0 aliphatic heterocycles. The lowest BCUT2D eigenvalue weighted by Crippen LogP contribution is -2.30. The fraction of sp³-hybridized carbons (Fsp3) is 0.750. The summed E-state index contributed by atoms with van der Waals surface area (Å²) in [5.74, 6) is 3.65. The summed E-state index contributed by atoms with van der Waals surface area (Å²) in [5.41, 5.74) is 0. The molecule has 5 heteroatoms. The molecule has 0 bridgehead atoms. The van der Waals surface area contributed by atoms with Gasteiger partial charge in [-0.2, -0.15) is 0 Å². The van der Waals surface area contributed by atoms with Crippen molar-refractivity contribution >= 4 is 11.6 Å². The molecule has 3 rings (SSSR count). The Hall–Kier alpha value is -1.36. The maximum absolute atomic E-state index is 5.26. The molecule has 0 amide bonds. The molecule has 2 aliphatic carbocycles. The van der Waals surface area contributed by atoms with E-state index in [2.05, 4.69) is 23.2 Å². The maximum atomic E-state index is 5.26. The average Bonchev–Trinajstić information content (AvgIpc) is 3.38. The smallest absolute Gasteiger partial charge is 0.136 e. The zero-order chi connectivity index (χ0) is 14.7. The lowest BCUT2D eigenvalue weighted by molar-refractivity contribution is 0.204. The number of ether oxygens (including phenoxy) is 1. The molecule has 0 aromatic carbocycles. The Morgan fingerprint density at radius 3 is 2.71 bits per heavy atom. The Labute approximate surface area is 127 Å². The first-order valence-electron chi connectivity index (χ1n) is 8.20. The zero-order valence-electron chi connectivity index (χ0n) is 13.1. The van der Waals surface area contributed by atoms with Crippen molar-refractivity contribution in [2.75, 3.05) is 37.0 Å². The Morgan fingerprint density at radius 1 is 1.29 bits per heavy atom. The van der Waals surface area contributed by atoms with Gasteiger partial charge >= 0.3 is 0 Å². The van der Waals surface area contributed by atoms with Crippen LogP contribution in [0.3, 0.4) is 0 Å². The molecular formula is C16H26N4O. The van der Waals surface area contributed by atoms with E-state index in [1.807, 2.05) is 0 Å². The molecule has 0 spiro atoms. The van der Waals surface area contributed by atoms with Crippen molar-refractivity contribution in [1.82, 2.24) is 9.97 Å². The largest absolute Gasteiger partial charge is 0.383 e. The molecule has 2 aliphatic rings. The number of nitrogens with one attached hydrogen (secondary N) is 1. The maximum Gasteiger partial charge on any atom is 0.136 e. The van der Waals surface area contributed by atoms with Gasteiger partial charge < -0.3 is 15.0 Å². The first kappa shape index (κ1) is 14.6. The first-order valence-corrected chi connectivity index (χ1v) is 8.20. The monoisotopic (exact) mass is 290 g/mol. The van der Waals surface area contributed by atoms with Crippen LogP contribution in [0.2, 0.25) is 0 Å². The number of anilines is 2. The lowest BCUT2D eigenvalue weighted by atomic mass is 10.3. The van der Waals surface area contributed by atoms with Crippen molar-refractivity contribution in [3.05, 3.63) is 11.9 Å². The molecule has 1 N–H and O–H groups in total. The van der Waals surface area contributed by atoms with Crippen LogP contribution >= 0.6 is 0 Å². The number of aromatic nitrogens is 2. The molecule has 1 aromatic heterocycles. The summed E-state index contributed by atoms with van der Waals surface area (Å²) in [6.07, 6.45) is 6.11. The highest BCUT2D eigenvalue weighted by atomic mass is 16.5. The predicted octanol–water partition coefficient (Wildman–Crippen LogP) is 2.79. The second-order valence-corrected chi connectivity index (χ2v) is 6.09. The Balaban J connectivity index is 1.81. The summed E-state index contributed by atoms with van der Waals surface area (Å²) in [4.78, 5) is 11.9. The minimum Gasteiger partial charge on any atom is -0.383 e. The van der Waals surface area contributed by atoms with Crippen LogP contribution in [-0.4, -0.2) is 42.8 Å². The van der Waals surface area contributed by atoms with Gasteiger partial charge in [0, 0.05) is 38.2 Å². The van der Waals surface area contributed by atoms with Gasteiger partial charge in [-0.1, -0.05) is 6.92 Å². The predicted molar refractivity (Wildman–Crippen MR) is 85.0 cm³/mol. The lowest BCUT2D eigenvalue weighted by Gasteiger charge is -2.24. The molecule has 0 atom stereocenters. The van der Waals surface area contributed by atoms with Crippen LogP contribution in [-0.2, 0) is 4.74 Å². The van der Waals surface area contributed by atoms with E-state index in [4.69, 9.17) is 14.7 Å². The van der Waals surface area contributed by atoms with E-state index >= 15 is 0 Å². The Bertz CT molecular complexity index is 471. The summed E-state index contributed by atoms with van der Waals surface area (Å²) < 4.78 is 5.26. The highest BCUT2D eigenvalue weighted by Crippen LogP contribution is 2.40. The van der Waals surface area contributed by atoms with Gasteiger partial charge in [0.2, 0.25) is 0 Å². The highest BCUT2D eigenvalue weighted by molar-refractivity contribution is 5.51. The Morgan fingerprint density at radius 2 is 2.10 bits per heavy atom. The summed E-state index contributed by atoms with van der Waals surface area (Å²) in [7, 11) is 1.76. The Kier molecular flexibility index (Phi) is 4.58. The summed E-state index contributed by atoms with van der Waals surface area (Å²) in [6, 6.07) is 2.75. The molecule has 0 saturated heterocycles. The van der Waals surface area contributed by atoms with E-state index in [9.17, 15) is 0 Å². The number of hydrogen-bond donors (Lipinski definition) is 1. The van der Waals surface area contributed by atoms with E-state index in [0.29, 0.717) is 12.0 Å². The van der Waals surface area contributed by atoms with E-state index in [-0.39, 0.29) is 0 Å². The SMILES string of the molecule is CCCNc1cc(N(CCOC)C2CC2)nc(C2CC2)n1. The van der Waals surface area contributed by atoms with Gasteiger partial charge in [0.05, 0.1) is 6.61 Å². The summed E-state index contributed by atoms with van der Waals surface area (Å²) in [6.45, 7) is 4.79. The molecule has 2 saturated carbocycles.